The van der Waals surface area contributed by atoms with Gasteiger partial charge in [0.1, 0.15) is 5.75 Å². The van der Waals surface area contributed by atoms with Crippen molar-refractivity contribution in [3.8, 4) is 5.75 Å². The van der Waals surface area contributed by atoms with E-state index < -0.39 is 0 Å². The van der Waals surface area contributed by atoms with Gasteiger partial charge in [-0.05, 0) is 43.5 Å². The Balaban J connectivity index is 2.15. The maximum absolute atomic E-state index is 11.6. The summed E-state index contributed by atoms with van der Waals surface area (Å²) in [5.41, 5.74) is 2.38. The normalized spacial score (nSPS) is 10.0. The molecule has 0 atom stereocenters. The first-order chi connectivity index (χ1) is 10.0. The number of rotatable bonds is 8. The molecule has 21 heavy (non-hydrogen) atoms. The van der Waals surface area contributed by atoms with Crippen LogP contribution >= 0.6 is 0 Å². The molecular formula is C16H23NO4. The number of hydrogen-bond donors (Lipinski definition) is 1. The van der Waals surface area contributed by atoms with Gasteiger partial charge in [0.25, 0.3) is 0 Å². The van der Waals surface area contributed by atoms with Gasteiger partial charge in [-0.25, -0.2) is 0 Å². The van der Waals surface area contributed by atoms with E-state index >= 15 is 0 Å². The summed E-state index contributed by atoms with van der Waals surface area (Å²) in [4.78, 5) is 22.4. The number of esters is 1. The molecule has 0 aliphatic rings. The first-order valence-electron chi connectivity index (χ1n) is 7.06. The molecule has 0 saturated heterocycles. The smallest absolute Gasteiger partial charge is 0.305 e. The Labute approximate surface area is 125 Å². The van der Waals surface area contributed by atoms with Crippen molar-refractivity contribution in [3.05, 3.63) is 29.3 Å². The second-order valence-corrected chi connectivity index (χ2v) is 4.87. The third-order valence-corrected chi connectivity index (χ3v) is 3.18. The van der Waals surface area contributed by atoms with Gasteiger partial charge < -0.3 is 14.8 Å². The summed E-state index contributed by atoms with van der Waals surface area (Å²) in [7, 11) is 1.35. The lowest BCUT2D eigenvalue weighted by molar-refractivity contribution is -0.140. The maximum Gasteiger partial charge on any atom is 0.305 e. The van der Waals surface area contributed by atoms with Crippen molar-refractivity contribution in [2.45, 2.75) is 33.1 Å². The van der Waals surface area contributed by atoms with E-state index in [9.17, 15) is 9.59 Å². The average molecular weight is 293 g/mol. The predicted octanol–water partition coefficient (Wildman–Crippen LogP) is 2.14. The molecule has 5 heteroatoms. The molecule has 0 unspecified atom stereocenters. The molecule has 1 amide bonds. The Kier molecular flexibility index (Phi) is 7.29. The lowest BCUT2D eigenvalue weighted by Gasteiger charge is -2.08. The van der Waals surface area contributed by atoms with Crippen LogP contribution < -0.4 is 10.1 Å². The molecule has 0 fully saturated rings. The van der Waals surface area contributed by atoms with Crippen molar-refractivity contribution >= 4 is 11.9 Å². The van der Waals surface area contributed by atoms with E-state index in [0.29, 0.717) is 32.4 Å². The van der Waals surface area contributed by atoms with Gasteiger partial charge in [-0.1, -0.05) is 6.07 Å². The largest absolute Gasteiger partial charge is 0.493 e. The van der Waals surface area contributed by atoms with Crippen molar-refractivity contribution in [1.82, 2.24) is 5.32 Å². The molecule has 0 aliphatic heterocycles. The maximum atomic E-state index is 11.6. The zero-order valence-electron chi connectivity index (χ0n) is 12.9. The fourth-order valence-corrected chi connectivity index (χ4v) is 1.72. The summed E-state index contributed by atoms with van der Waals surface area (Å²) in [5, 5.41) is 2.74. The monoisotopic (exact) mass is 293 g/mol. The van der Waals surface area contributed by atoms with E-state index in [1.807, 2.05) is 32.0 Å². The van der Waals surface area contributed by atoms with Gasteiger partial charge in [-0.3, -0.25) is 9.59 Å². The second-order valence-electron chi connectivity index (χ2n) is 4.87. The van der Waals surface area contributed by atoms with Crippen LogP contribution in [0.1, 0.15) is 30.4 Å². The fraction of sp³-hybridized carbons (Fsp3) is 0.500. The SMILES string of the molecule is COC(=O)CCCNC(=O)CCOc1ccc(C)c(C)c1. The molecule has 0 aromatic heterocycles. The van der Waals surface area contributed by atoms with Gasteiger partial charge in [-0.15, -0.1) is 0 Å². The predicted molar refractivity (Wildman–Crippen MR) is 80.3 cm³/mol. The molecule has 1 rings (SSSR count). The zero-order valence-corrected chi connectivity index (χ0v) is 12.9. The summed E-state index contributed by atoms with van der Waals surface area (Å²) >= 11 is 0. The summed E-state index contributed by atoms with van der Waals surface area (Å²) in [6, 6.07) is 5.86. The summed E-state index contributed by atoms with van der Waals surface area (Å²) < 4.78 is 10.1. The van der Waals surface area contributed by atoms with E-state index in [1.165, 1.54) is 18.2 Å². The molecule has 0 bridgehead atoms. The van der Waals surface area contributed by atoms with E-state index in [2.05, 4.69) is 10.1 Å². The first-order valence-corrected chi connectivity index (χ1v) is 7.06. The first kappa shape index (κ1) is 17.0. The number of nitrogens with one attached hydrogen (secondary N) is 1. The summed E-state index contributed by atoms with van der Waals surface area (Å²) in [5.74, 6) is 0.433. The standard InChI is InChI=1S/C16H23NO4/c1-12-6-7-14(11-13(12)2)21-10-8-15(18)17-9-4-5-16(19)20-3/h6-7,11H,4-5,8-10H2,1-3H3,(H,17,18). The third-order valence-electron chi connectivity index (χ3n) is 3.18. The van der Waals surface area contributed by atoms with Crippen LogP contribution in [-0.4, -0.2) is 32.1 Å². The molecule has 0 heterocycles. The van der Waals surface area contributed by atoms with Crippen LogP contribution in [0.4, 0.5) is 0 Å². The molecule has 116 valence electrons. The minimum atomic E-state index is -0.262. The zero-order chi connectivity index (χ0) is 15.7. The minimum Gasteiger partial charge on any atom is -0.493 e. The molecule has 0 aliphatic carbocycles. The molecule has 0 saturated carbocycles. The highest BCUT2D eigenvalue weighted by molar-refractivity contribution is 5.76. The van der Waals surface area contributed by atoms with E-state index in [1.54, 1.807) is 0 Å². The fourth-order valence-electron chi connectivity index (χ4n) is 1.72. The molecule has 0 spiro atoms. The number of carbonyl (C=O) groups is 2. The molecule has 0 radical (unpaired) electrons. The Morgan fingerprint density at radius 2 is 1.90 bits per heavy atom. The van der Waals surface area contributed by atoms with Gasteiger partial charge in [-0.2, -0.15) is 0 Å². The van der Waals surface area contributed by atoms with Gasteiger partial charge in [0.05, 0.1) is 20.1 Å². The van der Waals surface area contributed by atoms with Crippen molar-refractivity contribution in [1.29, 1.82) is 0 Å². The van der Waals surface area contributed by atoms with Gasteiger partial charge in [0, 0.05) is 13.0 Å². The van der Waals surface area contributed by atoms with E-state index in [4.69, 9.17) is 4.74 Å². The Bertz CT molecular complexity index is 485. The van der Waals surface area contributed by atoms with Crippen LogP contribution in [0.15, 0.2) is 18.2 Å². The van der Waals surface area contributed by atoms with Crippen molar-refractivity contribution in [2.24, 2.45) is 0 Å². The average Bonchev–Trinajstić information content (AvgIpc) is 2.47. The van der Waals surface area contributed by atoms with Crippen LogP contribution in [0.25, 0.3) is 0 Å². The Hall–Kier alpha value is -2.04. The van der Waals surface area contributed by atoms with Crippen LogP contribution in [0.2, 0.25) is 0 Å². The number of benzene rings is 1. The Morgan fingerprint density at radius 1 is 1.14 bits per heavy atom. The van der Waals surface area contributed by atoms with Crippen LogP contribution in [0, 0.1) is 13.8 Å². The van der Waals surface area contributed by atoms with Crippen LogP contribution in [-0.2, 0) is 14.3 Å². The number of methoxy groups -OCH3 is 1. The molecule has 1 N–H and O–H groups in total. The molecule has 1 aromatic rings. The van der Waals surface area contributed by atoms with E-state index in [-0.39, 0.29) is 11.9 Å². The molecule has 1 aromatic carbocycles. The number of hydrogen-bond acceptors (Lipinski definition) is 4. The number of aryl methyl sites for hydroxylation is 2. The van der Waals surface area contributed by atoms with Crippen molar-refractivity contribution in [3.63, 3.8) is 0 Å². The van der Waals surface area contributed by atoms with Gasteiger partial charge in [0.15, 0.2) is 0 Å². The summed E-state index contributed by atoms with van der Waals surface area (Å²) in [6.07, 6.45) is 1.19. The Morgan fingerprint density at radius 3 is 2.57 bits per heavy atom. The number of amides is 1. The second kappa shape index (κ2) is 9.00. The van der Waals surface area contributed by atoms with Crippen LogP contribution in [0.5, 0.6) is 5.75 Å². The number of ether oxygens (including phenoxy) is 2. The quantitative estimate of drug-likeness (QED) is 0.589. The summed E-state index contributed by atoms with van der Waals surface area (Å²) in [6.45, 7) is 4.88. The lowest BCUT2D eigenvalue weighted by Crippen LogP contribution is -2.26. The highest BCUT2D eigenvalue weighted by Crippen LogP contribution is 2.16. The third kappa shape index (κ3) is 6.79. The highest BCUT2D eigenvalue weighted by atomic mass is 16.5. The number of carbonyl (C=O) groups excluding carboxylic acids is 2. The molecule has 5 nitrogen and oxygen atoms in total. The van der Waals surface area contributed by atoms with Gasteiger partial charge in [0.2, 0.25) is 5.91 Å². The lowest BCUT2D eigenvalue weighted by atomic mass is 10.1. The topological polar surface area (TPSA) is 64.6 Å². The van der Waals surface area contributed by atoms with Crippen LogP contribution in [0.3, 0.4) is 0 Å². The highest BCUT2D eigenvalue weighted by Gasteiger charge is 2.04. The van der Waals surface area contributed by atoms with Gasteiger partial charge >= 0.3 is 5.97 Å². The minimum absolute atomic E-state index is 0.0799. The van der Waals surface area contributed by atoms with Crippen molar-refractivity contribution < 1.29 is 19.1 Å². The molecular weight excluding hydrogens is 270 g/mol. The van der Waals surface area contributed by atoms with E-state index in [0.717, 1.165) is 5.75 Å². The van der Waals surface area contributed by atoms with Crippen molar-refractivity contribution in [2.75, 3.05) is 20.3 Å².